The van der Waals surface area contributed by atoms with E-state index >= 15 is 0 Å². The maximum absolute atomic E-state index is 13.7. The molecule has 2 rings (SSSR count). The van der Waals surface area contributed by atoms with Gasteiger partial charge in [-0.15, -0.1) is 0 Å². The molecular weight excluding hydrogens is 316 g/mol. The zero-order valence-electron chi connectivity index (χ0n) is 12.1. The second kappa shape index (κ2) is 6.70. The van der Waals surface area contributed by atoms with Crippen LogP contribution in [0.25, 0.3) is 0 Å². The average molecular weight is 333 g/mol. The molecule has 5 nitrogen and oxygen atoms in total. The van der Waals surface area contributed by atoms with Gasteiger partial charge < -0.3 is 4.74 Å². The Balaban J connectivity index is 2.11. The summed E-state index contributed by atoms with van der Waals surface area (Å²) >= 11 is 0. The monoisotopic (exact) mass is 333 g/mol. The molecule has 0 atom stereocenters. The Labute approximate surface area is 127 Å². The highest BCUT2D eigenvalue weighted by Crippen LogP contribution is 2.26. The lowest BCUT2D eigenvalue weighted by Crippen LogP contribution is -2.40. The van der Waals surface area contributed by atoms with Gasteiger partial charge in [0, 0.05) is 19.2 Å². The number of ether oxygens (including phenoxy) is 1. The van der Waals surface area contributed by atoms with E-state index in [-0.39, 0.29) is 31.6 Å². The number of halogens is 2. The fraction of sp³-hybridized carbons (Fsp3) is 0.500. The standard InChI is InChI=1S/C14H17F2NO4S/c1-2-21-14(18)10-5-7-17(8-6-10)22(19,20)13-4-3-11(15)9-12(13)16/h3-4,9-10H,2,5-8H2,1H3. The number of esters is 1. The quantitative estimate of drug-likeness (QED) is 0.790. The van der Waals surface area contributed by atoms with Crippen LogP contribution in [0.5, 0.6) is 0 Å². The second-order valence-electron chi connectivity index (χ2n) is 5.01. The van der Waals surface area contributed by atoms with E-state index in [1.165, 1.54) is 0 Å². The number of carbonyl (C=O) groups excluding carboxylic acids is 1. The van der Waals surface area contributed by atoms with Gasteiger partial charge in [-0.2, -0.15) is 4.31 Å². The number of rotatable bonds is 4. The Morgan fingerprint density at radius 1 is 1.32 bits per heavy atom. The van der Waals surface area contributed by atoms with Crippen LogP contribution in [-0.2, 0) is 19.6 Å². The minimum absolute atomic E-state index is 0.0998. The van der Waals surface area contributed by atoms with E-state index in [0.717, 1.165) is 16.4 Å². The van der Waals surface area contributed by atoms with Crippen LogP contribution in [0.1, 0.15) is 19.8 Å². The fourth-order valence-electron chi connectivity index (χ4n) is 2.42. The molecule has 122 valence electrons. The molecule has 8 heteroatoms. The lowest BCUT2D eigenvalue weighted by atomic mass is 9.98. The molecule has 0 saturated carbocycles. The van der Waals surface area contributed by atoms with Crippen molar-refractivity contribution in [3.05, 3.63) is 29.8 Å². The molecule has 1 aliphatic rings. The van der Waals surface area contributed by atoms with Crippen molar-refractivity contribution in [2.75, 3.05) is 19.7 Å². The summed E-state index contributed by atoms with van der Waals surface area (Å²) in [4.78, 5) is 11.1. The van der Waals surface area contributed by atoms with Gasteiger partial charge in [-0.1, -0.05) is 0 Å². The Hall–Kier alpha value is -1.54. The molecule has 0 amide bonds. The summed E-state index contributed by atoms with van der Waals surface area (Å²) in [6.07, 6.45) is 0.641. The summed E-state index contributed by atoms with van der Waals surface area (Å²) in [5.41, 5.74) is 0. The minimum Gasteiger partial charge on any atom is -0.466 e. The smallest absolute Gasteiger partial charge is 0.309 e. The number of hydrogen-bond acceptors (Lipinski definition) is 4. The van der Waals surface area contributed by atoms with Crippen LogP contribution in [0.3, 0.4) is 0 Å². The van der Waals surface area contributed by atoms with E-state index < -0.39 is 26.6 Å². The maximum Gasteiger partial charge on any atom is 0.309 e. The maximum atomic E-state index is 13.7. The summed E-state index contributed by atoms with van der Waals surface area (Å²) < 4.78 is 57.3. The summed E-state index contributed by atoms with van der Waals surface area (Å²) in [5, 5.41) is 0. The van der Waals surface area contributed by atoms with Gasteiger partial charge in [0.05, 0.1) is 12.5 Å². The van der Waals surface area contributed by atoms with E-state index in [0.29, 0.717) is 18.9 Å². The third-order valence-electron chi connectivity index (χ3n) is 3.59. The normalized spacial score (nSPS) is 17.4. The molecular formula is C14H17F2NO4S. The first-order chi connectivity index (χ1) is 10.4. The van der Waals surface area contributed by atoms with Gasteiger partial charge in [-0.3, -0.25) is 4.79 Å². The minimum atomic E-state index is -4.03. The molecule has 0 bridgehead atoms. The lowest BCUT2D eigenvalue weighted by Gasteiger charge is -2.30. The van der Waals surface area contributed by atoms with Crippen molar-refractivity contribution >= 4 is 16.0 Å². The van der Waals surface area contributed by atoms with Gasteiger partial charge in [-0.25, -0.2) is 17.2 Å². The zero-order valence-corrected chi connectivity index (χ0v) is 12.9. The van der Waals surface area contributed by atoms with Crippen LogP contribution in [0, 0.1) is 17.6 Å². The number of sulfonamides is 1. The molecule has 1 saturated heterocycles. The van der Waals surface area contributed by atoms with Crippen molar-refractivity contribution in [1.29, 1.82) is 0 Å². The van der Waals surface area contributed by atoms with Gasteiger partial charge in [0.1, 0.15) is 16.5 Å². The van der Waals surface area contributed by atoms with Gasteiger partial charge in [0.25, 0.3) is 0 Å². The highest BCUT2D eigenvalue weighted by Gasteiger charge is 2.34. The van der Waals surface area contributed by atoms with Crippen molar-refractivity contribution in [2.24, 2.45) is 5.92 Å². The van der Waals surface area contributed by atoms with E-state index in [2.05, 4.69) is 0 Å². The predicted octanol–water partition coefficient (Wildman–Crippen LogP) is 1.93. The molecule has 0 radical (unpaired) electrons. The van der Waals surface area contributed by atoms with E-state index in [4.69, 9.17) is 4.74 Å². The third-order valence-corrected chi connectivity index (χ3v) is 5.52. The van der Waals surface area contributed by atoms with Crippen LogP contribution in [0.15, 0.2) is 23.1 Å². The zero-order chi connectivity index (χ0) is 16.3. The Morgan fingerprint density at radius 3 is 2.50 bits per heavy atom. The largest absolute Gasteiger partial charge is 0.466 e. The van der Waals surface area contributed by atoms with Crippen molar-refractivity contribution < 1.29 is 26.7 Å². The Kier molecular flexibility index (Phi) is 5.12. The van der Waals surface area contributed by atoms with Crippen LogP contribution in [-0.4, -0.2) is 38.4 Å². The van der Waals surface area contributed by atoms with E-state index in [1.807, 2.05) is 0 Å². The predicted molar refractivity (Wildman–Crippen MR) is 74.5 cm³/mol. The van der Waals surface area contributed by atoms with Crippen LogP contribution < -0.4 is 0 Å². The molecule has 0 unspecified atom stereocenters. The Bertz CT molecular complexity index is 655. The molecule has 0 aliphatic carbocycles. The first-order valence-corrected chi connectivity index (χ1v) is 8.42. The number of carbonyl (C=O) groups is 1. The molecule has 1 aliphatic heterocycles. The molecule has 1 aromatic rings. The van der Waals surface area contributed by atoms with Gasteiger partial charge >= 0.3 is 5.97 Å². The summed E-state index contributed by atoms with van der Waals surface area (Å²) in [6.45, 7) is 2.18. The van der Waals surface area contributed by atoms with E-state index in [1.54, 1.807) is 6.92 Å². The van der Waals surface area contributed by atoms with E-state index in [9.17, 15) is 22.0 Å². The van der Waals surface area contributed by atoms with Crippen molar-refractivity contribution in [1.82, 2.24) is 4.31 Å². The van der Waals surface area contributed by atoms with Crippen LogP contribution in [0.2, 0.25) is 0 Å². The number of hydrogen-bond donors (Lipinski definition) is 0. The Morgan fingerprint density at radius 2 is 1.95 bits per heavy atom. The molecule has 0 spiro atoms. The van der Waals surface area contributed by atoms with Crippen molar-refractivity contribution in [2.45, 2.75) is 24.7 Å². The van der Waals surface area contributed by atoms with Crippen molar-refractivity contribution in [3.63, 3.8) is 0 Å². The molecule has 0 N–H and O–H groups in total. The third kappa shape index (κ3) is 3.44. The average Bonchev–Trinajstić information content (AvgIpc) is 2.47. The number of piperidine rings is 1. The van der Waals surface area contributed by atoms with Gasteiger partial charge in [-0.05, 0) is 31.9 Å². The SMILES string of the molecule is CCOC(=O)C1CCN(S(=O)(=O)c2ccc(F)cc2F)CC1. The summed E-state index contributed by atoms with van der Waals surface area (Å²) in [6, 6.07) is 2.36. The fourth-order valence-corrected chi connectivity index (χ4v) is 3.93. The highest BCUT2D eigenvalue weighted by atomic mass is 32.2. The highest BCUT2D eigenvalue weighted by molar-refractivity contribution is 7.89. The molecule has 1 fully saturated rings. The van der Waals surface area contributed by atoms with Crippen LogP contribution in [0.4, 0.5) is 8.78 Å². The van der Waals surface area contributed by atoms with Gasteiger partial charge in [0.2, 0.25) is 10.0 Å². The summed E-state index contributed by atoms with van der Waals surface area (Å²) in [5.74, 6) is -2.64. The first kappa shape index (κ1) is 16.8. The second-order valence-corrected chi connectivity index (χ2v) is 6.91. The number of benzene rings is 1. The molecule has 0 aromatic heterocycles. The number of nitrogens with zero attached hydrogens (tertiary/aromatic N) is 1. The summed E-state index contributed by atoms with van der Waals surface area (Å²) in [7, 11) is -4.03. The lowest BCUT2D eigenvalue weighted by molar-refractivity contribution is -0.149. The first-order valence-electron chi connectivity index (χ1n) is 6.98. The molecule has 1 aromatic carbocycles. The van der Waals surface area contributed by atoms with Gasteiger partial charge in [0.15, 0.2) is 0 Å². The molecule has 22 heavy (non-hydrogen) atoms. The van der Waals surface area contributed by atoms with Crippen LogP contribution >= 0.6 is 0 Å². The van der Waals surface area contributed by atoms with Crippen molar-refractivity contribution in [3.8, 4) is 0 Å². The topological polar surface area (TPSA) is 63.7 Å². The molecule has 1 heterocycles.